The van der Waals surface area contributed by atoms with Crippen LogP contribution in [0.3, 0.4) is 0 Å². The van der Waals surface area contributed by atoms with Gasteiger partial charge in [0, 0.05) is 17.0 Å². The number of thiophene rings is 1. The van der Waals surface area contributed by atoms with Crippen molar-refractivity contribution in [1.82, 2.24) is 14.5 Å². The van der Waals surface area contributed by atoms with Crippen molar-refractivity contribution in [2.45, 2.75) is 64.2 Å². The van der Waals surface area contributed by atoms with Gasteiger partial charge >= 0.3 is 0 Å². The molecule has 0 saturated carbocycles. The van der Waals surface area contributed by atoms with Crippen LogP contribution in [0.15, 0.2) is 40.3 Å². The second-order valence-corrected chi connectivity index (χ2v) is 10.2. The van der Waals surface area contributed by atoms with Crippen molar-refractivity contribution < 1.29 is 4.79 Å². The first-order valence-electron chi connectivity index (χ1n) is 10.4. The molecule has 1 saturated heterocycles. The van der Waals surface area contributed by atoms with E-state index in [1.54, 1.807) is 15.9 Å². The fourth-order valence-corrected chi connectivity index (χ4v) is 6.24. The number of carbonyl (C=O) groups excluding carboxylic acids is 1. The number of rotatable bonds is 4. The Labute approximate surface area is 185 Å². The standard InChI is InChI=1S/C23H27N3O2S2/c1-14-9-8-10-15(2)25(14)19(27)13-29-23-24-21-20(16(3)17(4)30-21)22(28)26(23)18-11-6-5-7-12-18/h5-7,11-12,14-15H,8-10,13H2,1-4H3/t14-,15-/m0/s1. The minimum absolute atomic E-state index is 0.0669. The van der Waals surface area contributed by atoms with Crippen LogP contribution in [0.5, 0.6) is 0 Å². The van der Waals surface area contributed by atoms with E-state index in [4.69, 9.17) is 4.98 Å². The third kappa shape index (κ3) is 3.81. The maximum absolute atomic E-state index is 13.5. The highest BCUT2D eigenvalue weighted by atomic mass is 32.2. The van der Waals surface area contributed by atoms with Gasteiger partial charge in [-0.15, -0.1) is 11.3 Å². The average Bonchev–Trinajstić information content (AvgIpc) is 3.00. The number of para-hydroxylation sites is 1. The number of benzene rings is 1. The first-order valence-corrected chi connectivity index (χ1v) is 12.2. The maximum atomic E-state index is 13.5. The molecular formula is C23H27N3O2S2. The maximum Gasteiger partial charge on any atom is 0.267 e. The molecule has 5 nitrogen and oxygen atoms in total. The summed E-state index contributed by atoms with van der Waals surface area (Å²) in [5.74, 6) is 0.398. The van der Waals surface area contributed by atoms with E-state index in [1.165, 1.54) is 18.2 Å². The fraction of sp³-hybridized carbons (Fsp3) is 0.435. The summed E-state index contributed by atoms with van der Waals surface area (Å²) in [6.45, 7) is 8.24. The number of hydrogen-bond acceptors (Lipinski definition) is 5. The number of likely N-dealkylation sites (tertiary alicyclic amines) is 1. The zero-order chi connectivity index (χ0) is 21.4. The molecule has 1 aliphatic rings. The second kappa shape index (κ2) is 8.55. The van der Waals surface area contributed by atoms with Gasteiger partial charge in [0.2, 0.25) is 5.91 Å². The molecule has 0 N–H and O–H groups in total. The van der Waals surface area contributed by atoms with Gasteiger partial charge in [0.25, 0.3) is 5.56 Å². The molecule has 0 aliphatic carbocycles. The van der Waals surface area contributed by atoms with Gasteiger partial charge in [-0.05, 0) is 64.7 Å². The summed E-state index contributed by atoms with van der Waals surface area (Å²) >= 11 is 2.90. The molecule has 2 atom stereocenters. The summed E-state index contributed by atoms with van der Waals surface area (Å²) in [5.41, 5.74) is 1.69. The zero-order valence-corrected chi connectivity index (χ0v) is 19.5. The highest BCUT2D eigenvalue weighted by Gasteiger charge is 2.29. The van der Waals surface area contributed by atoms with E-state index in [-0.39, 0.29) is 29.3 Å². The van der Waals surface area contributed by atoms with Gasteiger partial charge < -0.3 is 4.90 Å². The van der Waals surface area contributed by atoms with Crippen LogP contribution in [0.25, 0.3) is 15.9 Å². The SMILES string of the molecule is Cc1sc2nc(SCC(=O)N3[C@@H](C)CCC[C@@H]3C)n(-c3ccccc3)c(=O)c2c1C. The molecule has 158 valence electrons. The summed E-state index contributed by atoms with van der Waals surface area (Å²) in [6.07, 6.45) is 3.27. The van der Waals surface area contributed by atoms with E-state index in [1.807, 2.05) is 49.1 Å². The molecule has 1 aromatic carbocycles. The zero-order valence-electron chi connectivity index (χ0n) is 17.8. The van der Waals surface area contributed by atoms with Crippen LogP contribution >= 0.6 is 23.1 Å². The third-order valence-corrected chi connectivity index (χ3v) is 8.02. The van der Waals surface area contributed by atoms with Gasteiger partial charge in [0.05, 0.1) is 16.8 Å². The molecule has 1 amide bonds. The number of aryl methyl sites for hydroxylation is 2. The van der Waals surface area contributed by atoms with Crippen molar-refractivity contribution in [3.8, 4) is 5.69 Å². The Morgan fingerprint density at radius 1 is 1.17 bits per heavy atom. The molecule has 4 rings (SSSR count). The van der Waals surface area contributed by atoms with Crippen molar-refractivity contribution in [3.05, 3.63) is 51.1 Å². The Hall–Kier alpha value is -2.12. The van der Waals surface area contributed by atoms with Crippen LogP contribution < -0.4 is 5.56 Å². The molecular weight excluding hydrogens is 414 g/mol. The number of aromatic nitrogens is 2. The van der Waals surface area contributed by atoms with E-state index in [9.17, 15) is 9.59 Å². The summed E-state index contributed by atoms with van der Waals surface area (Å²) < 4.78 is 1.66. The number of thioether (sulfide) groups is 1. The van der Waals surface area contributed by atoms with Crippen LogP contribution in [0.2, 0.25) is 0 Å². The molecule has 0 unspecified atom stereocenters. The van der Waals surface area contributed by atoms with Gasteiger partial charge in [-0.25, -0.2) is 4.98 Å². The van der Waals surface area contributed by atoms with Crippen LogP contribution in [0.1, 0.15) is 43.6 Å². The van der Waals surface area contributed by atoms with Crippen LogP contribution in [0, 0.1) is 13.8 Å². The van der Waals surface area contributed by atoms with Gasteiger partial charge in [0.15, 0.2) is 5.16 Å². The molecule has 3 heterocycles. The van der Waals surface area contributed by atoms with Gasteiger partial charge in [0.1, 0.15) is 4.83 Å². The second-order valence-electron chi connectivity index (χ2n) is 8.05. The van der Waals surface area contributed by atoms with Crippen molar-refractivity contribution >= 4 is 39.2 Å². The lowest BCUT2D eigenvalue weighted by atomic mass is 9.98. The lowest BCUT2D eigenvalue weighted by molar-refractivity contribution is -0.134. The fourth-order valence-electron chi connectivity index (χ4n) is 4.29. The van der Waals surface area contributed by atoms with Crippen molar-refractivity contribution in [1.29, 1.82) is 0 Å². The van der Waals surface area contributed by atoms with E-state index in [2.05, 4.69) is 13.8 Å². The topological polar surface area (TPSA) is 55.2 Å². The average molecular weight is 442 g/mol. The lowest BCUT2D eigenvalue weighted by Crippen LogP contribution is -2.48. The van der Waals surface area contributed by atoms with Crippen LogP contribution in [-0.2, 0) is 4.79 Å². The number of hydrogen-bond donors (Lipinski definition) is 0. The highest BCUT2D eigenvalue weighted by molar-refractivity contribution is 7.99. The molecule has 7 heteroatoms. The van der Waals surface area contributed by atoms with Crippen molar-refractivity contribution in [2.24, 2.45) is 0 Å². The number of carbonyl (C=O) groups is 1. The van der Waals surface area contributed by atoms with E-state index < -0.39 is 0 Å². The van der Waals surface area contributed by atoms with Crippen LogP contribution in [0.4, 0.5) is 0 Å². The largest absolute Gasteiger partial charge is 0.337 e. The van der Waals surface area contributed by atoms with Crippen molar-refractivity contribution in [3.63, 3.8) is 0 Å². The van der Waals surface area contributed by atoms with E-state index in [0.29, 0.717) is 10.5 Å². The molecule has 0 spiro atoms. The molecule has 3 aromatic rings. The Morgan fingerprint density at radius 2 is 1.83 bits per heavy atom. The van der Waals surface area contributed by atoms with Gasteiger partial charge in [-0.1, -0.05) is 30.0 Å². The molecule has 2 aromatic heterocycles. The highest BCUT2D eigenvalue weighted by Crippen LogP contribution is 2.30. The predicted molar refractivity (Wildman–Crippen MR) is 125 cm³/mol. The number of fused-ring (bicyclic) bond motifs is 1. The number of nitrogens with zero attached hydrogens (tertiary/aromatic N) is 3. The number of amides is 1. The van der Waals surface area contributed by atoms with Gasteiger partial charge in [-0.3, -0.25) is 14.2 Å². The van der Waals surface area contributed by atoms with E-state index >= 15 is 0 Å². The Bertz CT molecular complexity index is 1130. The predicted octanol–water partition coefficient (Wildman–Crippen LogP) is 4.95. The van der Waals surface area contributed by atoms with Crippen molar-refractivity contribution in [2.75, 3.05) is 5.75 Å². The minimum atomic E-state index is -0.0669. The third-order valence-electron chi connectivity index (χ3n) is 5.99. The molecule has 1 aliphatic heterocycles. The number of piperidine rings is 1. The van der Waals surface area contributed by atoms with E-state index in [0.717, 1.165) is 33.8 Å². The molecule has 0 bridgehead atoms. The summed E-state index contributed by atoms with van der Waals surface area (Å²) in [6, 6.07) is 10.1. The molecule has 0 radical (unpaired) electrons. The smallest absolute Gasteiger partial charge is 0.267 e. The first kappa shape index (κ1) is 21.1. The Kier molecular flexibility index (Phi) is 6.02. The quantitative estimate of drug-likeness (QED) is 0.425. The normalized spacial score (nSPS) is 19.4. The first-order chi connectivity index (χ1) is 14.4. The molecule has 1 fully saturated rings. The Balaban J connectivity index is 1.73. The Morgan fingerprint density at radius 3 is 2.50 bits per heavy atom. The van der Waals surface area contributed by atoms with Crippen LogP contribution in [-0.4, -0.2) is 38.2 Å². The monoisotopic (exact) mass is 441 g/mol. The van der Waals surface area contributed by atoms with Gasteiger partial charge in [-0.2, -0.15) is 0 Å². The summed E-state index contributed by atoms with van der Waals surface area (Å²) in [4.78, 5) is 35.2. The lowest BCUT2D eigenvalue weighted by Gasteiger charge is -2.39. The molecule has 30 heavy (non-hydrogen) atoms. The summed E-state index contributed by atoms with van der Waals surface area (Å²) in [5, 5.41) is 1.25. The minimum Gasteiger partial charge on any atom is -0.337 e. The summed E-state index contributed by atoms with van der Waals surface area (Å²) in [7, 11) is 0.